The number of nitro groups is 2. The predicted octanol–water partition coefficient (Wildman–Crippen LogP) is 2.35. The Balaban J connectivity index is 1.65. The number of para-hydroxylation sites is 1. The summed E-state index contributed by atoms with van der Waals surface area (Å²) in [5.74, 6) is -0.265. The van der Waals surface area contributed by atoms with Crippen molar-refractivity contribution in [1.82, 2.24) is 10.2 Å². The van der Waals surface area contributed by atoms with Crippen molar-refractivity contribution in [1.29, 1.82) is 0 Å². The minimum absolute atomic E-state index is 0.0555. The second-order valence-corrected chi connectivity index (χ2v) is 7.01. The highest BCUT2D eigenvalue weighted by atomic mass is 32.1. The molecule has 3 rings (SSSR count). The van der Waals surface area contributed by atoms with E-state index in [1.165, 1.54) is 37.4 Å². The van der Waals surface area contributed by atoms with Gasteiger partial charge in [0.1, 0.15) is 17.0 Å². The maximum atomic E-state index is 12.5. The monoisotopic (exact) mass is 445 g/mol. The number of nitrogens with one attached hydrogen (secondary N) is 1. The number of amides is 1. The van der Waals surface area contributed by atoms with Gasteiger partial charge in [-0.15, -0.1) is 0 Å². The van der Waals surface area contributed by atoms with Crippen LogP contribution < -0.4 is 15.0 Å². The minimum atomic E-state index is -0.662. The van der Waals surface area contributed by atoms with Crippen LogP contribution in [0.4, 0.5) is 17.1 Å². The second-order valence-electron chi connectivity index (χ2n) is 6.62. The van der Waals surface area contributed by atoms with Crippen LogP contribution in [0.5, 0.6) is 5.75 Å². The van der Waals surface area contributed by atoms with Gasteiger partial charge in [0, 0.05) is 32.2 Å². The van der Waals surface area contributed by atoms with Crippen molar-refractivity contribution in [2.24, 2.45) is 0 Å². The molecule has 2 aromatic rings. The number of nitro benzene ring substituents is 2. The molecule has 0 unspecified atom stereocenters. The first-order valence-electron chi connectivity index (χ1n) is 9.23. The van der Waals surface area contributed by atoms with Gasteiger partial charge in [-0.05, 0) is 30.4 Å². The van der Waals surface area contributed by atoms with Crippen molar-refractivity contribution in [3.63, 3.8) is 0 Å². The van der Waals surface area contributed by atoms with Crippen molar-refractivity contribution in [2.75, 3.05) is 38.2 Å². The molecule has 2 aromatic carbocycles. The molecule has 0 aromatic heterocycles. The molecule has 0 aliphatic carbocycles. The zero-order chi connectivity index (χ0) is 22.5. The molecule has 0 spiro atoms. The first-order valence-corrected chi connectivity index (χ1v) is 9.63. The Bertz CT molecular complexity index is 1040. The second kappa shape index (κ2) is 9.34. The smallest absolute Gasteiger partial charge is 0.296 e. The van der Waals surface area contributed by atoms with Crippen LogP contribution >= 0.6 is 12.2 Å². The Morgan fingerprint density at radius 1 is 1.03 bits per heavy atom. The van der Waals surface area contributed by atoms with Crippen LogP contribution in [-0.2, 0) is 0 Å². The van der Waals surface area contributed by atoms with Gasteiger partial charge in [-0.3, -0.25) is 30.3 Å². The number of benzene rings is 2. The van der Waals surface area contributed by atoms with E-state index in [2.05, 4.69) is 5.32 Å². The first kappa shape index (κ1) is 21.9. The van der Waals surface area contributed by atoms with Crippen molar-refractivity contribution in [3.8, 4) is 5.75 Å². The fourth-order valence-corrected chi connectivity index (χ4v) is 3.54. The van der Waals surface area contributed by atoms with Crippen LogP contribution in [-0.4, -0.2) is 59.1 Å². The topological polar surface area (TPSA) is 131 Å². The van der Waals surface area contributed by atoms with E-state index in [1.54, 1.807) is 17.0 Å². The largest absolute Gasteiger partial charge is 0.496 e. The normalized spacial score (nSPS) is 13.5. The average molecular weight is 445 g/mol. The summed E-state index contributed by atoms with van der Waals surface area (Å²) in [5.41, 5.74) is 0.0298. The number of hydrogen-bond acceptors (Lipinski definition) is 8. The third kappa shape index (κ3) is 4.86. The molecule has 1 aliphatic heterocycles. The quantitative estimate of drug-likeness (QED) is 0.418. The van der Waals surface area contributed by atoms with Crippen LogP contribution in [0.2, 0.25) is 0 Å². The Labute approximate surface area is 182 Å². The Morgan fingerprint density at radius 3 is 2.29 bits per heavy atom. The molecule has 0 atom stereocenters. The highest BCUT2D eigenvalue weighted by Crippen LogP contribution is 2.32. The molecule has 31 heavy (non-hydrogen) atoms. The van der Waals surface area contributed by atoms with E-state index in [0.29, 0.717) is 37.6 Å². The maximum absolute atomic E-state index is 12.5. The lowest BCUT2D eigenvalue weighted by Crippen LogP contribution is -2.52. The van der Waals surface area contributed by atoms with E-state index >= 15 is 0 Å². The standard InChI is InChI=1S/C19H19N5O6S/c1-30-13-6-7-16(17(12-13)24(28)29)21-8-10-22(11-9-21)19(31)20-18(25)14-4-2-3-5-15(14)23(26)27/h2-7,12H,8-11H2,1H3,(H,20,25,31). The molecule has 12 heteroatoms. The molecule has 1 N–H and O–H groups in total. The Kier molecular flexibility index (Phi) is 6.60. The van der Waals surface area contributed by atoms with Crippen LogP contribution in [0.3, 0.4) is 0 Å². The van der Waals surface area contributed by atoms with Crippen LogP contribution in [0.1, 0.15) is 10.4 Å². The molecule has 1 aliphatic rings. The summed E-state index contributed by atoms with van der Waals surface area (Å²) in [5, 5.41) is 25.2. The third-order valence-electron chi connectivity index (χ3n) is 4.85. The first-order chi connectivity index (χ1) is 14.8. The zero-order valence-corrected chi connectivity index (χ0v) is 17.3. The van der Waals surface area contributed by atoms with Crippen molar-refractivity contribution in [2.45, 2.75) is 0 Å². The molecule has 0 bridgehead atoms. The number of thiocarbonyl (C=S) groups is 1. The van der Waals surface area contributed by atoms with E-state index in [-0.39, 0.29) is 22.1 Å². The fourth-order valence-electron chi connectivity index (χ4n) is 3.26. The Morgan fingerprint density at radius 2 is 1.68 bits per heavy atom. The lowest BCUT2D eigenvalue weighted by Gasteiger charge is -2.37. The lowest BCUT2D eigenvalue weighted by atomic mass is 10.1. The number of carbonyl (C=O) groups is 1. The van der Waals surface area contributed by atoms with Gasteiger partial charge in [0.2, 0.25) is 0 Å². The van der Waals surface area contributed by atoms with Crippen LogP contribution in [0, 0.1) is 20.2 Å². The minimum Gasteiger partial charge on any atom is -0.496 e. The van der Waals surface area contributed by atoms with E-state index in [4.69, 9.17) is 17.0 Å². The van der Waals surface area contributed by atoms with E-state index in [9.17, 15) is 25.0 Å². The molecule has 1 fully saturated rings. The molecule has 0 radical (unpaired) electrons. The number of piperazine rings is 1. The summed E-state index contributed by atoms with van der Waals surface area (Å²) in [6, 6.07) is 10.3. The average Bonchev–Trinajstić information content (AvgIpc) is 2.78. The zero-order valence-electron chi connectivity index (χ0n) is 16.5. The molecular formula is C19H19N5O6S. The number of anilines is 1. The number of ether oxygens (including phenoxy) is 1. The van der Waals surface area contributed by atoms with E-state index in [0.717, 1.165) is 0 Å². The summed E-state index contributed by atoms with van der Waals surface area (Å²) < 4.78 is 5.06. The highest BCUT2D eigenvalue weighted by molar-refractivity contribution is 7.80. The highest BCUT2D eigenvalue weighted by Gasteiger charge is 2.27. The molecular weight excluding hydrogens is 426 g/mol. The SMILES string of the molecule is COc1ccc(N2CCN(C(=S)NC(=O)c3ccccc3[N+](=O)[O-])CC2)c([N+](=O)[O-])c1. The van der Waals surface area contributed by atoms with Gasteiger partial charge in [0.25, 0.3) is 17.3 Å². The third-order valence-corrected chi connectivity index (χ3v) is 5.21. The predicted molar refractivity (Wildman–Crippen MR) is 117 cm³/mol. The van der Waals surface area contributed by atoms with Gasteiger partial charge >= 0.3 is 0 Å². The summed E-state index contributed by atoms with van der Waals surface area (Å²) in [7, 11) is 1.44. The van der Waals surface area contributed by atoms with Crippen LogP contribution in [0.15, 0.2) is 42.5 Å². The lowest BCUT2D eigenvalue weighted by molar-refractivity contribution is -0.385. The van der Waals surface area contributed by atoms with Crippen molar-refractivity contribution >= 4 is 40.3 Å². The molecule has 0 saturated carbocycles. The van der Waals surface area contributed by atoms with E-state index in [1.807, 2.05) is 4.90 Å². The fraction of sp³-hybridized carbons (Fsp3) is 0.263. The van der Waals surface area contributed by atoms with Gasteiger partial charge < -0.3 is 14.5 Å². The summed E-state index contributed by atoms with van der Waals surface area (Å²) >= 11 is 5.30. The van der Waals surface area contributed by atoms with Crippen molar-refractivity contribution < 1.29 is 19.4 Å². The number of nitrogens with zero attached hydrogens (tertiary/aromatic N) is 4. The number of methoxy groups -OCH3 is 1. The van der Waals surface area contributed by atoms with Gasteiger partial charge in [-0.1, -0.05) is 12.1 Å². The van der Waals surface area contributed by atoms with Crippen molar-refractivity contribution in [3.05, 3.63) is 68.3 Å². The summed E-state index contributed by atoms with van der Waals surface area (Å²) in [4.78, 5) is 37.5. The number of carbonyl (C=O) groups excluding carboxylic acids is 1. The van der Waals surface area contributed by atoms with Gasteiger partial charge in [-0.2, -0.15) is 0 Å². The molecule has 1 saturated heterocycles. The van der Waals surface area contributed by atoms with Gasteiger partial charge in [0.15, 0.2) is 5.11 Å². The molecule has 1 heterocycles. The van der Waals surface area contributed by atoms with Gasteiger partial charge in [-0.25, -0.2) is 0 Å². The molecule has 11 nitrogen and oxygen atoms in total. The Hall–Kier alpha value is -3.80. The summed E-state index contributed by atoms with van der Waals surface area (Å²) in [6.45, 7) is 1.71. The van der Waals surface area contributed by atoms with E-state index < -0.39 is 15.8 Å². The number of rotatable bonds is 5. The molecule has 1 amide bonds. The number of hydrogen-bond donors (Lipinski definition) is 1. The van der Waals surface area contributed by atoms with Crippen LogP contribution in [0.25, 0.3) is 0 Å². The van der Waals surface area contributed by atoms with Gasteiger partial charge in [0.05, 0.1) is 23.0 Å². The summed E-state index contributed by atoms with van der Waals surface area (Å²) in [6.07, 6.45) is 0. The molecule has 162 valence electrons. The maximum Gasteiger partial charge on any atom is 0.296 e.